The van der Waals surface area contributed by atoms with Gasteiger partial charge in [0.1, 0.15) is 17.2 Å². The summed E-state index contributed by atoms with van der Waals surface area (Å²) < 4.78 is 11.0. The highest BCUT2D eigenvalue weighted by Gasteiger charge is 2.06. The van der Waals surface area contributed by atoms with Gasteiger partial charge in [0.05, 0.1) is 13.7 Å². The number of rotatable bonds is 11. The van der Waals surface area contributed by atoms with Crippen molar-refractivity contribution >= 4 is 12.0 Å². The van der Waals surface area contributed by atoms with E-state index in [2.05, 4.69) is 24.0 Å². The fourth-order valence-corrected chi connectivity index (χ4v) is 2.62. The highest BCUT2D eigenvalue weighted by Crippen LogP contribution is 2.20. The molecule has 27 heavy (non-hydrogen) atoms. The second-order valence-electron chi connectivity index (χ2n) is 6.11. The average molecular weight is 368 g/mol. The molecule has 1 radical (unpaired) electrons. The number of ether oxygens (including phenoxy) is 2. The van der Waals surface area contributed by atoms with Crippen molar-refractivity contribution in [1.29, 1.82) is 0 Å². The first-order valence-electron chi connectivity index (χ1n) is 9.08. The Kier molecular flexibility index (Phi) is 8.36. The minimum Gasteiger partial charge on any atom is -0.497 e. The number of hydrogen-bond acceptors (Lipinski definition) is 4. The largest absolute Gasteiger partial charge is 0.497 e. The highest BCUT2D eigenvalue weighted by atomic mass is 16.5. The summed E-state index contributed by atoms with van der Waals surface area (Å²) in [5.74, 6) is 0.452. The number of carboxylic acid groups (broad SMARTS) is 1. The fraction of sp³-hybridized carbons (Fsp3) is 0.318. The van der Waals surface area contributed by atoms with Crippen molar-refractivity contribution < 1.29 is 19.4 Å². The molecule has 0 fully saturated rings. The number of methoxy groups -OCH3 is 1. The molecule has 2 aromatic rings. The Hall–Kier alpha value is -2.82. The summed E-state index contributed by atoms with van der Waals surface area (Å²) in [5, 5.41) is 8.85. The summed E-state index contributed by atoms with van der Waals surface area (Å²) in [6.07, 6.45) is 6.90. The molecule has 0 aliphatic heterocycles. The van der Waals surface area contributed by atoms with Gasteiger partial charge in [0.2, 0.25) is 0 Å². The zero-order valence-corrected chi connectivity index (χ0v) is 15.7. The summed E-state index contributed by atoms with van der Waals surface area (Å²) in [7, 11) is 1.66. The molecule has 1 heterocycles. The summed E-state index contributed by atoms with van der Waals surface area (Å²) in [4.78, 5) is 15.3. The van der Waals surface area contributed by atoms with Gasteiger partial charge in [0.15, 0.2) is 0 Å². The molecule has 0 saturated carbocycles. The zero-order valence-electron chi connectivity index (χ0n) is 15.7. The topological polar surface area (TPSA) is 68.7 Å². The van der Waals surface area contributed by atoms with E-state index in [1.54, 1.807) is 7.11 Å². The van der Waals surface area contributed by atoms with Gasteiger partial charge < -0.3 is 14.6 Å². The van der Waals surface area contributed by atoms with E-state index in [0.717, 1.165) is 49.6 Å². The SMILES string of the molecule is [CH2]CCc1ccc(OCCCCc2ccc(OC)cc2)c(/C=C/C(=O)O)n1. The molecule has 0 bridgehead atoms. The van der Waals surface area contributed by atoms with E-state index in [1.807, 2.05) is 24.3 Å². The number of carboxylic acids is 1. The predicted octanol–water partition coefficient (Wildman–Crippen LogP) is 4.36. The minimum atomic E-state index is -1.01. The van der Waals surface area contributed by atoms with Gasteiger partial charge in [-0.05, 0) is 68.0 Å². The smallest absolute Gasteiger partial charge is 0.328 e. The number of unbranched alkanes of at least 4 members (excludes halogenated alkanes) is 1. The number of hydrogen-bond donors (Lipinski definition) is 1. The lowest BCUT2D eigenvalue weighted by Crippen LogP contribution is -2.02. The van der Waals surface area contributed by atoms with Crippen molar-refractivity contribution in [2.75, 3.05) is 13.7 Å². The van der Waals surface area contributed by atoms with Crippen molar-refractivity contribution in [2.45, 2.75) is 32.1 Å². The van der Waals surface area contributed by atoms with E-state index >= 15 is 0 Å². The first-order chi connectivity index (χ1) is 13.1. The molecule has 0 aliphatic rings. The Labute approximate surface area is 160 Å². The lowest BCUT2D eigenvalue weighted by atomic mass is 10.1. The van der Waals surface area contributed by atoms with E-state index in [0.29, 0.717) is 18.1 Å². The first-order valence-corrected chi connectivity index (χ1v) is 9.08. The molecule has 0 saturated heterocycles. The van der Waals surface area contributed by atoms with E-state index in [9.17, 15) is 4.79 Å². The molecule has 5 heteroatoms. The molecule has 143 valence electrons. The van der Waals surface area contributed by atoms with Crippen LogP contribution in [0.2, 0.25) is 0 Å². The number of benzene rings is 1. The predicted molar refractivity (Wildman–Crippen MR) is 106 cm³/mol. The van der Waals surface area contributed by atoms with Crippen LogP contribution in [0.3, 0.4) is 0 Å². The summed E-state index contributed by atoms with van der Waals surface area (Å²) in [5.41, 5.74) is 2.68. The molecule has 2 rings (SSSR count). The molecule has 0 aliphatic carbocycles. The third-order valence-electron chi connectivity index (χ3n) is 4.04. The molecule has 0 unspecified atom stereocenters. The van der Waals surface area contributed by atoms with Crippen molar-refractivity contribution in [3.63, 3.8) is 0 Å². The molecule has 0 amide bonds. The molecular weight excluding hydrogens is 342 g/mol. The molecular formula is C22H26NO4. The maximum absolute atomic E-state index is 10.8. The molecule has 1 N–H and O–H groups in total. The van der Waals surface area contributed by atoms with Crippen LogP contribution in [0.5, 0.6) is 11.5 Å². The van der Waals surface area contributed by atoms with Crippen molar-refractivity contribution in [3.05, 3.63) is 66.3 Å². The lowest BCUT2D eigenvalue weighted by Gasteiger charge is -2.10. The average Bonchev–Trinajstić information content (AvgIpc) is 2.68. The van der Waals surface area contributed by atoms with Crippen LogP contribution >= 0.6 is 0 Å². The zero-order chi connectivity index (χ0) is 19.5. The second kappa shape index (κ2) is 11.0. The number of pyridine rings is 1. The molecule has 1 aromatic heterocycles. The Morgan fingerprint density at radius 1 is 1.15 bits per heavy atom. The maximum atomic E-state index is 10.8. The van der Waals surface area contributed by atoms with Crippen molar-refractivity contribution in [2.24, 2.45) is 0 Å². The normalized spacial score (nSPS) is 10.9. The van der Waals surface area contributed by atoms with Gasteiger partial charge in [0.25, 0.3) is 0 Å². The fourth-order valence-electron chi connectivity index (χ4n) is 2.62. The Balaban J connectivity index is 1.87. The Morgan fingerprint density at radius 3 is 2.59 bits per heavy atom. The summed E-state index contributed by atoms with van der Waals surface area (Å²) in [6.45, 7) is 4.38. The van der Waals surface area contributed by atoms with Crippen LogP contribution in [0.15, 0.2) is 42.5 Å². The van der Waals surface area contributed by atoms with Gasteiger partial charge in [-0.1, -0.05) is 19.1 Å². The highest BCUT2D eigenvalue weighted by molar-refractivity contribution is 5.85. The van der Waals surface area contributed by atoms with Crippen molar-refractivity contribution in [3.8, 4) is 11.5 Å². The Bertz CT molecular complexity index is 753. The van der Waals surface area contributed by atoms with Crippen LogP contribution in [-0.2, 0) is 17.6 Å². The monoisotopic (exact) mass is 368 g/mol. The van der Waals surface area contributed by atoms with E-state index in [4.69, 9.17) is 14.6 Å². The van der Waals surface area contributed by atoms with Crippen molar-refractivity contribution in [1.82, 2.24) is 4.98 Å². The second-order valence-corrected chi connectivity index (χ2v) is 6.11. The van der Waals surface area contributed by atoms with E-state index in [1.165, 1.54) is 11.6 Å². The van der Waals surface area contributed by atoms with Crippen LogP contribution in [0.25, 0.3) is 6.08 Å². The summed E-state index contributed by atoms with van der Waals surface area (Å²) in [6, 6.07) is 11.8. The van der Waals surface area contributed by atoms with E-state index < -0.39 is 5.97 Å². The molecule has 5 nitrogen and oxygen atoms in total. The Morgan fingerprint density at radius 2 is 1.93 bits per heavy atom. The number of aromatic nitrogens is 1. The van der Waals surface area contributed by atoms with Crippen LogP contribution in [-0.4, -0.2) is 29.8 Å². The van der Waals surface area contributed by atoms with Gasteiger partial charge in [-0.3, -0.25) is 0 Å². The standard InChI is InChI=1S/C22H26NO4/c1-3-6-18-10-14-21(20(23-18)13-15-22(24)25)27-16-5-4-7-17-8-11-19(26-2)12-9-17/h8-15H,1,3-7,16H2,2H3,(H,24,25)/b15-13+. The van der Waals surface area contributed by atoms with Gasteiger partial charge in [-0.15, -0.1) is 0 Å². The van der Waals surface area contributed by atoms with Gasteiger partial charge in [0, 0.05) is 11.8 Å². The molecule has 0 atom stereocenters. The minimum absolute atomic E-state index is 0.540. The molecule has 0 spiro atoms. The number of carbonyl (C=O) groups is 1. The first kappa shape index (κ1) is 20.5. The van der Waals surface area contributed by atoms with Gasteiger partial charge in [-0.25, -0.2) is 9.78 Å². The quantitative estimate of drug-likeness (QED) is 0.471. The van der Waals surface area contributed by atoms with Gasteiger partial charge in [-0.2, -0.15) is 0 Å². The number of aryl methyl sites for hydroxylation is 2. The van der Waals surface area contributed by atoms with Crippen LogP contribution in [0.1, 0.15) is 36.2 Å². The lowest BCUT2D eigenvalue weighted by molar-refractivity contribution is -0.131. The van der Waals surface area contributed by atoms with Crippen LogP contribution in [0, 0.1) is 6.92 Å². The third kappa shape index (κ3) is 7.13. The third-order valence-corrected chi connectivity index (χ3v) is 4.04. The number of nitrogens with zero attached hydrogens (tertiary/aromatic N) is 1. The summed E-state index contributed by atoms with van der Waals surface area (Å²) >= 11 is 0. The van der Waals surface area contributed by atoms with Crippen LogP contribution in [0.4, 0.5) is 0 Å². The maximum Gasteiger partial charge on any atom is 0.328 e. The van der Waals surface area contributed by atoms with Crippen LogP contribution < -0.4 is 9.47 Å². The number of aliphatic carboxylic acids is 1. The van der Waals surface area contributed by atoms with E-state index in [-0.39, 0.29) is 0 Å². The van der Waals surface area contributed by atoms with Gasteiger partial charge >= 0.3 is 5.97 Å². The molecule has 1 aromatic carbocycles.